The fourth-order valence-electron chi connectivity index (χ4n) is 3.09. The maximum absolute atomic E-state index is 12.9. The molecule has 2 heterocycles. The molecule has 2 atom stereocenters. The molecule has 0 spiro atoms. The van der Waals surface area contributed by atoms with Crippen molar-refractivity contribution in [2.45, 2.75) is 50.1 Å². The molecule has 1 aliphatic heterocycles. The van der Waals surface area contributed by atoms with E-state index in [1.807, 2.05) is 0 Å². The molecular weight excluding hydrogens is 368 g/mol. The van der Waals surface area contributed by atoms with Gasteiger partial charge in [0.2, 0.25) is 0 Å². The second-order valence-corrected chi connectivity index (χ2v) is 7.67. The lowest BCUT2D eigenvalue weighted by molar-refractivity contribution is 0.0315. The highest BCUT2D eigenvalue weighted by Crippen LogP contribution is 2.24. The fourth-order valence-corrected chi connectivity index (χ4v) is 4.16. The fraction of sp³-hybridized carbons (Fsp3) is 0.526. The number of nitrogens with zero attached hydrogens (tertiary/aromatic N) is 2. The zero-order valence-electron chi connectivity index (χ0n) is 15.5. The third kappa shape index (κ3) is 4.69. The number of esters is 1. The van der Waals surface area contributed by atoms with Crippen LogP contribution >= 0.6 is 11.8 Å². The number of methoxy groups -OCH3 is 1. The van der Waals surface area contributed by atoms with Crippen LogP contribution in [0.4, 0.5) is 0 Å². The minimum absolute atomic E-state index is 0.137. The number of benzene rings is 1. The molecule has 0 saturated carbocycles. The van der Waals surface area contributed by atoms with Gasteiger partial charge in [-0.3, -0.25) is 9.36 Å². The quantitative estimate of drug-likeness (QED) is 0.458. The number of aliphatic hydroxyl groups is 1. The van der Waals surface area contributed by atoms with Gasteiger partial charge in [-0.05, 0) is 44.4 Å². The number of hydrogen-bond acceptors (Lipinski definition) is 7. The van der Waals surface area contributed by atoms with Crippen molar-refractivity contribution in [1.82, 2.24) is 9.55 Å². The van der Waals surface area contributed by atoms with Crippen LogP contribution in [0.5, 0.6) is 0 Å². The van der Waals surface area contributed by atoms with Crippen LogP contribution in [-0.4, -0.2) is 52.3 Å². The van der Waals surface area contributed by atoms with Crippen molar-refractivity contribution in [1.29, 1.82) is 0 Å². The summed E-state index contributed by atoms with van der Waals surface area (Å²) in [5, 5.41) is 10.7. The summed E-state index contributed by atoms with van der Waals surface area (Å²) in [7, 11) is 1.31. The molecule has 0 radical (unpaired) electrons. The molecule has 2 aromatic rings. The van der Waals surface area contributed by atoms with Crippen molar-refractivity contribution in [3.8, 4) is 0 Å². The first-order valence-corrected chi connectivity index (χ1v) is 10.0. The Morgan fingerprint density at radius 1 is 1.48 bits per heavy atom. The van der Waals surface area contributed by atoms with Gasteiger partial charge < -0.3 is 14.6 Å². The van der Waals surface area contributed by atoms with Crippen molar-refractivity contribution in [3.63, 3.8) is 0 Å². The number of carbonyl (C=O) groups is 1. The average molecular weight is 392 g/mol. The van der Waals surface area contributed by atoms with E-state index >= 15 is 0 Å². The highest BCUT2D eigenvalue weighted by molar-refractivity contribution is 7.99. The first kappa shape index (κ1) is 19.9. The van der Waals surface area contributed by atoms with Gasteiger partial charge in [0.1, 0.15) is 0 Å². The van der Waals surface area contributed by atoms with Crippen LogP contribution in [0.1, 0.15) is 36.5 Å². The third-order valence-corrected chi connectivity index (χ3v) is 5.57. The molecule has 1 aromatic heterocycles. The van der Waals surface area contributed by atoms with Gasteiger partial charge in [0.05, 0.1) is 42.3 Å². The largest absolute Gasteiger partial charge is 0.465 e. The highest BCUT2D eigenvalue weighted by atomic mass is 32.2. The Morgan fingerprint density at radius 2 is 2.30 bits per heavy atom. The van der Waals surface area contributed by atoms with Crippen LogP contribution in [0.3, 0.4) is 0 Å². The summed E-state index contributed by atoms with van der Waals surface area (Å²) in [6.07, 6.45) is 2.67. The maximum Gasteiger partial charge on any atom is 0.337 e. The van der Waals surface area contributed by atoms with Crippen molar-refractivity contribution in [3.05, 3.63) is 34.1 Å². The van der Waals surface area contributed by atoms with Crippen LogP contribution in [0.15, 0.2) is 28.2 Å². The number of rotatable bonds is 6. The SMILES string of the molecule is COC(=O)c1ccc2c(=O)n(C[C@H](C)O)c(SC[C@@H]3CCCCO3)nc2c1. The summed E-state index contributed by atoms with van der Waals surface area (Å²) in [5.41, 5.74) is 0.554. The molecule has 1 saturated heterocycles. The van der Waals surface area contributed by atoms with Crippen LogP contribution in [-0.2, 0) is 16.0 Å². The van der Waals surface area contributed by atoms with Gasteiger partial charge in [-0.2, -0.15) is 0 Å². The Balaban J connectivity index is 1.98. The van der Waals surface area contributed by atoms with E-state index in [0.717, 1.165) is 25.9 Å². The molecular formula is C19H24N2O5S. The molecule has 8 heteroatoms. The Kier molecular flexibility index (Phi) is 6.51. The molecule has 1 aromatic carbocycles. The molecule has 0 unspecified atom stereocenters. The smallest absolute Gasteiger partial charge is 0.337 e. The summed E-state index contributed by atoms with van der Waals surface area (Å²) in [5.74, 6) is 0.214. The molecule has 1 fully saturated rings. The van der Waals surface area contributed by atoms with Gasteiger partial charge in [-0.15, -0.1) is 0 Å². The molecule has 7 nitrogen and oxygen atoms in total. The first-order chi connectivity index (χ1) is 13.0. The average Bonchev–Trinajstić information content (AvgIpc) is 2.68. The number of aliphatic hydroxyl groups excluding tert-OH is 1. The van der Waals surface area contributed by atoms with E-state index in [9.17, 15) is 14.7 Å². The molecule has 0 aliphatic carbocycles. The maximum atomic E-state index is 12.9. The van der Waals surface area contributed by atoms with E-state index in [1.54, 1.807) is 25.1 Å². The number of ether oxygens (including phenoxy) is 2. The molecule has 1 aliphatic rings. The zero-order chi connectivity index (χ0) is 19.4. The lowest BCUT2D eigenvalue weighted by Gasteiger charge is -2.22. The predicted octanol–water partition coefficient (Wildman–Crippen LogP) is 2.23. The number of aromatic nitrogens is 2. The summed E-state index contributed by atoms with van der Waals surface area (Å²) in [6, 6.07) is 4.69. The van der Waals surface area contributed by atoms with Gasteiger partial charge in [0.25, 0.3) is 5.56 Å². The standard InChI is InChI=1S/C19H24N2O5S/c1-12(22)10-21-17(23)15-7-6-13(18(24)25-2)9-16(15)20-19(21)27-11-14-5-3-4-8-26-14/h6-7,9,12,14,22H,3-5,8,10-11H2,1-2H3/t12-,14-/m0/s1. The van der Waals surface area contributed by atoms with E-state index in [0.29, 0.717) is 27.4 Å². The zero-order valence-corrected chi connectivity index (χ0v) is 16.3. The lowest BCUT2D eigenvalue weighted by Crippen LogP contribution is -2.29. The number of hydrogen-bond donors (Lipinski definition) is 1. The molecule has 0 amide bonds. The first-order valence-electron chi connectivity index (χ1n) is 9.05. The van der Waals surface area contributed by atoms with Gasteiger partial charge in [-0.1, -0.05) is 11.8 Å². The van der Waals surface area contributed by atoms with Gasteiger partial charge in [0.15, 0.2) is 5.16 Å². The molecule has 146 valence electrons. The Hall–Kier alpha value is -1.90. The lowest BCUT2D eigenvalue weighted by atomic mass is 10.1. The minimum Gasteiger partial charge on any atom is -0.465 e. The molecule has 0 bridgehead atoms. The summed E-state index contributed by atoms with van der Waals surface area (Å²) in [6.45, 7) is 2.56. The van der Waals surface area contributed by atoms with Crippen molar-refractivity contribution < 1.29 is 19.4 Å². The number of fused-ring (bicyclic) bond motifs is 1. The van der Waals surface area contributed by atoms with Crippen LogP contribution in [0.2, 0.25) is 0 Å². The molecule has 1 N–H and O–H groups in total. The normalized spacial score (nSPS) is 18.4. The second kappa shape index (κ2) is 8.86. The van der Waals surface area contributed by atoms with Gasteiger partial charge in [0, 0.05) is 12.4 Å². The Morgan fingerprint density at radius 3 is 2.96 bits per heavy atom. The predicted molar refractivity (Wildman–Crippen MR) is 103 cm³/mol. The van der Waals surface area contributed by atoms with E-state index in [-0.39, 0.29) is 18.2 Å². The van der Waals surface area contributed by atoms with Crippen LogP contribution < -0.4 is 5.56 Å². The number of carbonyl (C=O) groups excluding carboxylic acids is 1. The van der Waals surface area contributed by atoms with Crippen LogP contribution in [0, 0.1) is 0 Å². The van der Waals surface area contributed by atoms with E-state index in [4.69, 9.17) is 9.47 Å². The Bertz CT molecular complexity index is 874. The monoisotopic (exact) mass is 392 g/mol. The van der Waals surface area contributed by atoms with Crippen molar-refractivity contribution in [2.24, 2.45) is 0 Å². The van der Waals surface area contributed by atoms with Gasteiger partial charge in [-0.25, -0.2) is 9.78 Å². The van der Waals surface area contributed by atoms with Crippen LogP contribution in [0.25, 0.3) is 10.9 Å². The van der Waals surface area contributed by atoms with E-state index in [1.165, 1.54) is 23.4 Å². The highest BCUT2D eigenvalue weighted by Gasteiger charge is 2.19. The van der Waals surface area contributed by atoms with Crippen molar-refractivity contribution >= 4 is 28.6 Å². The number of thioether (sulfide) groups is 1. The molecule has 27 heavy (non-hydrogen) atoms. The van der Waals surface area contributed by atoms with E-state index < -0.39 is 12.1 Å². The Labute approximate surface area is 161 Å². The molecule has 3 rings (SSSR count). The van der Waals surface area contributed by atoms with Crippen molar-refractivity contribution in [2.75, 3.05) is 19.5 Å². The van der Waals surface area contributed by atoms with Gasteiger partial charge >= 0.3 is 5.97 Å². The minimum atomic E-state index is -0.679. The second-order valence-electron chi connectivity index (χ2n) is 6.68. The van der Waals surface area contributed by atoms with E-state index in [2.05, 4.69) is 4.98 Å². The summed E-state index contributed by atoms with van der Waals surface area (Å²) < 4.78 is 12.0. The summed E-state index contributed by atoms with van der Waals surface area (Å²) >= 11 is 1.44. The summed E-state index contributed by atoms with van der Waals surface area (Å²) in [4.78, 5) is 29.3. The third-order valence-electron chi connectivity index (χ3n) is 4.46. The topological polar surface area (TPSA) is 90.7 Å².